The molecule has 1 aliphatic carbocycles. The van der Waals surface area contributed by atoms with E-state index < -0.39 is 0 Å². The van der Waals surface area contributed by atoms with Gasteiger partial charge in [-0.3, -0.25) is 0 Å². The maximum atomic E-state index is 13.5. The quantitative estimate of drug-likeness (QED) is 0.807. The molecule has 0 spiro atoms. The molecule has 0 atom stereocenters. The first-order valence-corrected chi connectivity index (χ1v) is 6.44. The van der Waals surface area contributed by atoms with Crippen molar-refractivity contribution in [2.24, 2.45) is 0 Å². The normalized spacial score (nSPS) is 17.6. The molecule has 96 valence electrons. The molecule has 0 unspecified atom stereocenters. The summed E-state index contributed by atoms with van der Waals surface area (Å²) in [6.07, 6.45) is 4.58. The molecule has 0 bridgehead atoms. The van der Waals surface area contributed by atoms with Gasteiger partial charge >= 0.3 is 0 Å². The Balaban J connectivity index is 2.01. The number of aromatic nitrogens is 1. The first-order chi connectivity index (χ1) is 8.52. The first-order valence-electron chi connectivity index (χ1n) is 6.44. The zero-order chi connectivity index (χ0) is 12.9. The second-order valence-corrected chi connectivity index (χ2v) is 5.72. The zero-order valence-corrected chi connectivity index (χ0v) is 11.2. The molecule has 1 fully saturated rings. The van der Waals surface area contributed by atoms with Crippen molar-refractivity contribution < 1.29 is 4.39 Å². The monoisotopic (exact) mass is 246 g/mol. The van der Waals surface area contributed by atoms with Crippen molar-refractivity contribution in [1.29, 1.82) is 0 Å². The summed E-state index contributed by atoms with van der Waals surface area (Å²) in [4.78, 5) is 2.31. The van der Waals surface area contributed by atoms with Gasteiger partial charge in [0.15, 0.2) is 0 Å². The molecule has 1 heterocycles. The summed E-state index contributed by atoms with van der Waals surface area (Å²) in [5.74, 6) is -0.117. The number of likely N-dealkylation sites (N-methyl/N-ethyl adjacent to an activating group) is 1. The van der Waals surface area contributed by atoms with Gasteiger partial charge in [0.2, 0.25) is 0 Å². The Kier molecular flexibility index (Phi) is 2.49. The van der Waals surface area contributed by atoms with Crippen LogP contribution in [0.5, 0.6) is 0 Å². The van der Waals surface area contributed by atoms with Crippen LogP contribution in [0.3, 0.4) is 0 Å². The lowest BCUT2D eigenvalue weighted by molar-refractivity contribution is 0.244. The minimum atomic E-state index is -0.117. The van der Waals surface area contributed by atoms with Crippen molar-refractivity contribution in [2.75, 3.05) is 14.1 Å². The first kappa shape index (κ1) is 11.7. The van der Waals surface area contributed by atoms with E-state index in [0.29, 0.717) is 5.54 Å². The Morgan fingerprint density at radius 3 is 2.67 bits per heavy atom. The molecule has 1 aromatic heterocycles. The van der Waals surface area contributed by atoms with Gasteiger partial charge in [-0.15, -0.1) is 0 Å². The van der Waals surface area contributed by atoms with Crippen molar-refractivity contribution in [3.8, 4) is 0 Å². The van der Waals surface area contributed by atoms with Gasteiger partial charge in [-0.25, -0.2) is 4.39 Å². The van der Waals surface area contributed by atoms with Gasteiger partial charge < -0.3 is 9.47 Å². The topological polar surface area (TPSA) is 8.17 Å². The Morgan fingerprint density at radius 1 is 1.33 bits per heavy atom. The standard InChI is InChI=1S/C15H19FN2/c1-11-8-14-12(9-13(11)16)4-7-18(14)10-15(5-6-15)17(2)3/h4,7-9H,5-6,10H2,1-3H3. The Hall–Kier alpha value is -1.35. The third kappa shape index (κ3) is 1.74. The molecular formula is C15H19FN2. The summed E-state index contributed by atoms with van der Waals surface area (Å²) in [7, 11) is 4.28. The molecule has 1 aliphatic rings. The molecule has 0 aliphatic heterocycles. The van der Waals surface area contributed by atoms with E-state index in [9.17, 15) is 4.39 Å². The Morgan fingerprint density at radius 2 is 2.06 bits per heavy atom. The number of fused-ring (bicyclic) bond motifs is 1. The molecule has 1 saturated carbocycles. The lowest BCUT2D eigenvalue weighted by Gasteiger charge is -2.24. The smallest absolute Gasteiger partial charge is 0.126 e. The van der Waals surface area contributed by atoms with Crippen molar-refractivity contribution in [2.45, 2.75) is 31.8 Å². The third-order valence-electron chi connectivity index (χ3n) is 4.29. The predicted octanol–water partition coefficient (Wildman–Crippen LogP) is 3.18. The highest BCUT2D eigenvalue weighted by atomic mass is 19.1. The number of hydrogen-bond acceptors (Lipinski definition) is 1. The van der Waals surface area contributed by atoms with Crippen LogP contribution in [0.4, 0.5) is 4.39 Å². The SMILES string of the molecule is Cc1cc2c(ccn2CC2(N(C)C)CC2)cc1F. The Labute approximate surface area is 107 Å². The number of benzene rings is 1. The fourth-order valence-corrected chi connectivity index (χ4v) is 2.66. The second kappa shape index (κ2) is 3.82. The van der Waals surface area contributed by atoms with Gasteiger partial charge in [-0.2, -0.15) is 0 Å². The third-order valence-corrected chi connectivity index (χ3v) is 4.29. The minimum Gasteiger partial charge on any atom is -0.346 e. The summed E-state index contributed by atoms with van der Waals surface area (Å²) >= 11 is 0. The van der Waals surface area contributed by atoms with Gasteiger partial charge in [0.1, 0.15) is 5.82 Å². The van der Waals surface area contributed by atoms with Gasteiger partial charge in [0.25, 0.3) is 0 Å². The van der Waals surface area contributed by atoms with Crippen LogP contribution in [0.2, 0.25) is 0 Å². The van der Waals surface area contributed by atoms with Crippen LogP contribution in [-0.4, -0.2) is 29.1 Å². The highest BCUT2D eigenvalue weighted by Gasteiger charge is 2.45. The summed E-state index contributed by atoms with van der Waals surface area (Å²) in [5.41, 5.74) is 2.17. The number of halogens is 1. The van der Waals surface area contributed by atoms with Gasteiger partial charge in [0.05, 0.1) is 0 Å². The highest BCUT2D eigenvalue weighted by Crippen LogP contribution is 2.42. The van der Waals surface area contributed by atoms with Crippen molar-refractivity contribution in [1.82, 2.24) is 9.47 Å². The highest BCUT2D eigenvalue weighted by molar-refractivity contribution is 5.81. The predicted molar refractivity (Wildman–Crippen MR) is 72.3 cm³/mol. The van der Waals surface area contributed by atoms with Crippen LogP contribution in [0, 0.1) is 12.7 Å². The van der Waals surface area contributed by atoms with E-state index in [0.717, 1.165) is 23.0 Å². The van der Waals surface area contributed by atoms with Crippen molar-refractivity contribution in [3.05, 3.63) is 35.8 Å². The molecule has 2 aromatic rings. The average Bonchev–Trinajstić information content (AvgIpc) is 3.01. The van der Waals surface area contributed by atoms with Crippen LogP contribution in [0.1, 0.15) is 18.4 Å². The van der Waals surface area contributed by atoms with Crippen LogP contribution in [-0.2, 0) is 6.54 Å². The summed E-state index contributed by atoms with van der Waals surface area (Å²) in [5, 5.41) is 0.993. The van der Waals surface area contributed by atoms with Crippen LogP contribution < -0.4 is 0 Å². The van der Waals surface area contributed by atoms with E-state index in [1.165, 1.54) is 12.8 Å². The van der Waals surface area contributed by atoms with Crippen molar-refractivity contribution in [3.63, 3.8) is 0 Å². The van der Waals surface area contributed by atoms with Crippen molar-refractivity contribution >= 4 is 10.9 Å². The van der Waals surface area contributed by atoms with Gasteiger partial charge in [-0.1, -0.05) is 0 Å². The van der Waals surface area contributed by atoms with E-state index in [1.807, 2.05) is 19.1 Å². The van der Waals surface area contributed by atoms with E-state index in [-0.39, 0.29) is 5.82 Å². The van der Waals surface area contributed by atoms with Crippen LogP contribution >= 0.6 is 0 Å². The molecule has 2 nitrogen and oxygen atoms in total. The number of aryl methyl sites for hydroxylation is 1. The largest absolute Gasteiger partial charge is 0.346 e. The lowest BCUT2D eigenvalue weighted by atomic mass is 10.1. The summed E-state index contributed by atoms with van der Waals surface area (Å²) < 4.78 is 15.8. The molecule has 1 aromatic carbocycles. The minimum absolute atomic E-state index is 0.117. The summed E-state index contributed by atoms with van der Waals surface area (Å²) in [6, 6.07) is 5.59. The maximum absolute atomic E-state index is 13.5. The molecular weight excluding hydrogens is 227 g/mol. The average molecular weight is 246 g/mol. The summed E-state index contributed by atoms with van der Waals surface area (Å²) in [6.45, 7) is 2.82. The second-order valence-electron chi connectivity index (χ2n) is 5.72. The van der Waals surface area contributed by atoms with Crippen LogP contribution in [0.25, 0.3) is 10.9 Å². The molecule has 0 amide bonds. The Bertz CT molecular complexity index is 594. The number of rotatable bonds is 3. The van der Waals surface area contributed by atoms with Gasteiger partial charge in [0, 0.05) is 29.2 Å². The van der Waals surface area contributed by atoms with E-state index in [1.54, 1.807) is 6.07 Å². The van der Waals surface area contributed by atoms with E-state index >= 15 is 0 Å². The van der Waals surface area contributed by atoms with Gasteiger partial charge in [-0.05, 0) is 57.6 Å². The molecule has 3 rings (SSSR count). The molecule has 0 saturated heterocycles. The molecule has 0 radical (unpaired) electrons. The van der Waals surface area contributed by atoms with Crippen LogP contribution in [0.15, 0.2) is 24.4 Å². The fraction of sp³-hybridized carbons (Fsp3) is 0.467. The molecule has 3 heteroatoms. The molecule has 0 N–H and O–H groups in total. The van der Waals surface area contributed by atoms with E-state index in [4.69, 9.17) is 0 Å². The number of nitrogens with zero attached hydrogens (tertiary/aromatic N) is 2. The zero-order valence-electron chi connectivity index (χ0n) is 11.2. The lowest BCUT2D eigenvalue weighted by Crippen LogP contribution is -2.34. The molecule has 18 heavy (non-hydrogen) atoms. The number of hydrogen-bond donors (Lipinski definition) is 0. The fourth-order valence-electron chi connectivity index (χ4n) is 2.66. The van der Waals surface area contributed by atoms with E-state index in [2.05, 4.69) is 29.8 Å². The maximum Gasteiger partial charge on any atom is 0.126 e.